The topological polar surface area (TPSA) is 86.7 Å². The summed E-state index contributed by atoms with van der Waals surface area (Å²) >= 11 is 0. The first-order valence-corrected chi connectivity index (χ1v) is 9.90. The number of terminal acetylenes is 1. The number of rotatable bonds is 9. The number of carbonyl (C=O) groups is 1. The van der Waals surface area contributed by atoms with Crippen LogP contribution in [-0.4, -0.2) is 49.2 Å². The zero-order chi connectivity index (χ0) is 17.7. The fourth-order valence-corrected chi connectivity index (χ4v) is 3.58. The van der Waals surface area contributed by atoms with E-state index in [2.05, 4.69) is 18.3 Å². The second kappa shape index (κ2) is 12.2. The average Bonchev–Trinajstić information content (AvgIpc) is 3.04. The summed E-state index contributed by atoms with van der Waals surface area (Å²) < 4.78 is 24.5. The van der Waals surface area contributed by atoms with Gasteiger partial charge in [0.05, 0.1) is 11.7 Å². The minimum Gasteiger partial charge on any atom is -0.481 e. The molecule has 1 aliphatic rings. The van der Waals surface area contributed by atoms with Crippen molar-refractivity contribution in [1.82, 2.24) is 9.62 Å². The lowest BCUT2D eigenvalue weighted by atomic mass is 10.1. The van der Waals surface area contributed by atoms with Gasteiger partial charge in [0, 0.05) is 19.1 Å². The Hall–Kier alpha value is -1.26. The van der Waals surface area contributed by atoms with Crippen LogP contribution < -0.4 is 5.32 Å². The van der Waals surface area contributed by atoms with Crippen LogP contribution in [0.2, 0.25) is 0 Å². The number of hydrogen-bond acceptors (Lipinski definition) is 4. The second-order valence-corrected chi connectivity index (χ2v) is 7.62. The molecule has 134 valence electrons. The molecule has 0 radical (unpaired) electrons. The van der Waals surface area contributed by atoms with Crippen LogP contribution in [0.15, 0.2) is 0 Å². The summed E-state index contributed by atoms with van der Waals surface area (Å²) in [6.45, 7) is 5.94. The maximum atomic E-state index is 11.7. The lowest BCUT2D eigenvalue weighted by Crippen LogP contribution is -2.29. The third kappa shape index (κ3) is 9.47. The SMILES string of the molecule is C#CN(CCC)S(=O)(=O)CCCCCC.O=C(O)C1CCNC1. The van der Waals surface area contributed by atoms with Crippen molar-refractivity contribution in [3.05, 3.63) is 0 Å². The average molecular weight is 346 g/mol. The second-order valence-electron chi connectivity index (χ2n) is 5.61. The van der Waals surface area contributed by atoms with Crippen molar-refractivity contribution in [1.29, 1.82) is 0 Å². The van der Waals surface area contributed by atoms with Crippen LogP contribution in [-0.2, 0) is 14.8 Å². The maximum absolute atomic E-state index is 11.7. The Morgan fingerprint density at radius 2 is 2.00 bits per heavy atom. The van der Waals surface area contributed by atoms with Gasteiger partial charge in [-0.3, -0.25) is 4.79 Å². The number of unbranched alkanes of at least 4 members (excludes halogenated alkanes) is 3. The quantitative estimate of drug-likeness (QED) is 0.378. The minimum absolute atomic E-state index is 0.130. The van der Waals surface area contributed by atoms with Crippen molar-refractivity contribution in [2.45, 2.75) is 52.4 Å². The van der Waals surface area contributed by atoms with E-state index in [0.29, 0.717) is 19.5 Å². The number of hydrogen-bond donors (Lipinski definition) is 2. The zero-order valence-electron chi connectivity index (χ0n) is 14.3. The minimum atomic E-state index is -3.22. The van der Waals surface area contributed by atoms with Crippen LogP contribution in [0.1, 0.15) is 52.4 Å². The molecule has 0 aromatic carbocycles. The standard InChI is InChI=1S/C11H21NO2S.C5H9NO2/c1-4-7-8-9-11-15(13,14)12(6-3)10-5-2;7-5(8)4-1-2-6-3-4/h3H,4-5,7-11H2,1-2H3;4,6H,1-3H2,(H,7,8). The number of nitrogens with one attached hydrogen (secondary N) is 1. The van der Waals surface area contributed by atoms with Crippen molar-refractivity contribution < 1.29 is 18.3 Å². The van der Waals surface area contributed by atoms with E-state index < -0.39 is 16.0 Å². The van der Waals surface area contributed by atoms with Gasteiger partial charge in [0.2, 0.25) is 10.0 Å². The van der Waals surface area contributed by atoms with Crippen LogP contribution >= 0.6 is 0 Å². The first-order valence-electron chi connectivity index (χ1n) is 8.29. The number of carboxylic acids is 1. The molecule has 2 N–H and O–H groups in total. The predicted molar refractivity (Wildman–Crippen MR) is 92.4 cm³/mol. The molecule has 1 unspecified atom stereocenters. The largest absolute Gasteiger partial charge is 0.481 e. The van der Waals surface area contributed by atoms with Gasteiger partial charge in [0.15, 0.2) is 0 Å². The molecule has 0 amide bonds. The summed E-state index contributed by atoms with van der Waals surface area (Å²) in [6, 6.07) is 2.23. The van der Waals surface area contributed by atoms with Gasteiger partial charge in [-0.15, -0.1) is 0 Å². The van der Waals surface area contributed by atoms with Crippen molar-refractivity contribution in [3.8, 4) is 12.5 Å². The van der Waals surface area contributed by atoms with Crippen LogP contribution in [0.5, 0.6) is 0 Å². The molecule has 0 aromatic rings. The van der Waals surface area contributed by atoms with E-state index in [0.717, 1.165) is 43.0 Å². The number of carboxylic acid groups (broad SMARTS) is 1. The first kappa shape index (κ1) is 21.7. The van der Waals surface area contributed by atoms with Gasteiger partial charge >= 0.3 is 5.97 Å². The van der Waals surface area contributed by atoms with E-state index in [1.54, 1.807) is 0 Å². The van der Waals surface area contributed by atoms with Crippen molar-refractivity contribution >= 4 is 16.0 Å². The molecule has 7 heteroatoms. The molecule has 0 saturated carbocycles. The van der Waals surface area contributed by atoms with Crippen LogP contribution in [0.4, 0.5) is 0 Å². The Morgan fingerprint density at radius 3 is 2.39 bits per heavy atom. The van der Waals surface area contributed by atoms with Gasteiger partial charge < -0.3 is 10.4 Å². The molecule has 1 aliphatic heterocycles. The predicted octanol–water partition coefficient (Wildman–Crippen LogP) is 1.88. The smallest absolute Gasteiger partial charge is 0.307 e. The number of sulfonamides is 1. The maximum Gasteiger partial charge on any atom is 0.307 e. The van der Waals surface area contributed by atoms with Crippen molar-refractivity contribution in [3.63, 3.8) is 0 Å². The molecule has 0 bridgehead atoms. The van der Waals surface area contributed by atoms with Gasteiger partial charge in [-0.2, -0.15) is 0 Å². The molecular formula is C16H30N2O4S. The monoisotopic (exact) mass is 346 g/mol. The van der Waals surface area contributed by atoms with Gasteiger partial charge in [-0.1, -0.05) is 39.5 Å². The highest BCUT2D eigenvalue weighted by Crippen LogP contribution is 2.07. The number of aliphatic carboxylic acids is 1. The van der Waals surface area contributed by atoms with E-state index >= 15 is 0 Å². The summed E-state index contributed by atoms with van der Waals surface area (Å²) in [5.74, 6) is -0.623. The van der Waals surface area contributed by atoms with Crippen LogP contribution in [0.25, 0.3) is 0 Å². The molecule has 1 rings (SSSR count). The van der Waals surface area contributed by atoms with E-state index in [9.17, 15) is 13.2 Å². The van der Waals surface area contributed by atoms with Gasteiger partial charge in [0.25, 0.3) is 0 Å². The molecule has 23 heavy (non-hydrogen) atoms. The van der Waals surface area contributed by atoms with E-state index in [-0.39, 0.29) is 11.7 Å². The fourth-order valence-electron chi connectivity index (χ4n) is 2.17. The molecule has 1 heterocycles. The molecule has 1 fully saturated rings. The molecule has 1 saturated heterocycles. The Kier molecular flexibility index (Phi) is 11.5. The molecule has 0 aromatic heterocycles. The van der Waals surface area contributed by atoms with E-state index in [4.69, 9.17) is 11.5 Å². The highest BCUT2D eigenvalue weighted by molar-refractivity contribution is 7.89. The highest BCUT2D eigenvalue weighted by atomic mass is 32.2. The lowest BCUT2D eigenvalue weighted by molar-refractivity contribution is -0.140. The Balaban J connectivity index is 0.000000502. The lowest BCUT2D eigenvalue weighted by Gasteiger charge is -2.16. The summed E-state index contributed by atoms with van der Waals surface area (Å²) in [7, 11) is -3.22. The first-order chi connectivity index (χ1) is 10.9. The van der Waals surface area contributed by atoms with Gasteiger partial charge in [-0.05, 0) is 25.8 Å². The summed E-state index contributed by atoms with van der Waals surface area (Å²) in [5.41, 5.74) is 0. The van der Waals surface area contributed by atoms with E-state index in [1.165, 1.54) is 0 Å². The molecule has 0 aliphatic carbocycles. The summed E-state index contributed by atoms with van der Waals surface area (Å²) in [6.07, 6.45) is 10.6. The fraction of sp³-hybridized carbons (Fsp3) is 0.812. The van der Waals surface area contributed by atoms with Crippen LogP contribution in [0.3, 0.4) is 0 Å². The summed E-state index contributed by atoms with van der Waals surface area (Å²) in [5, 5.41) is 11.3. The molecular weight excluding hydrogens is 316 g/mol. The number of nitrogens with zero attached hydrogens (tertiary/aromatic N) is 1. The molecule has 0 spiro atoms. The normalized spacial score (nSPS) is 17.0. The molecule has 1 atom stereocenters. The van der Waals surface area contributed by atoms with E-state index in [1.807, 2.05) is 6.92 Å². The highest BCUT2D eigenvalue weighted by Gasteiger charge is 2.20. The third-order valence-corrected chi connectivity index (χ3v) is 5.34. The third-order valence-electron chi connectivity index (χ3n) is 3.57. The Morgan fingerprint density at radius 1 is 1.30 bits per heavy atom. The summed E-state index contributed by atoms with van der Waals surface area (Å²) in [4.78, 5) is 10.2. The Bertz CT molecular complexity index is 465. The Labute approximate surface area is 140 Å². The molecule has 6 nitrogen and oxygen atoms in total. The van der Waals surface area contributed by atoms with Gasteiger partial charge in [0.1, 0.15) is 0 Å². The van der Waals surface area contributed by atoms with Gasteiger partial charge in [-0.25, -0.2) is 12.7 Å². The van der Waals surface area contributed by atoms with Crippen molar-refractivity contribution in [2.24, 2.45) is 5.92 Å². The zero-order valence-corrected chi connectivity index (χ0v) is 15.1. The van der Waals surface area contributed by atoms with Crippen LogP contribution in [0, 0.1) is 18.4 Å². The van der Waals surface area contributed by atoms with Crippen molar-refractivity contribution in [2.75, 3.05) is 25.4 Å².